The third kappa shape index (κ3) is 6.32. The van der Waals surface area contributed by atoms with Gasteiger partial charge in [-0.3, -0.25) is 4.79 Å². The fraction of sp³-hybridized carbons (Fsp3) is 0.0870. The van der Waals surface area contributed by atoms with Crippen molar-refractivity contribution in [2.45, 2.75) is 6.92 Å². The monoisotopic (exact) mass is 388 g/mol. The van der Waals surface area contributed by atoms with Gasteiger partial charge in [0.05, 0.1) is 11.8 Å². The first-order valence-electron chi connectivity index (χ1n) is 8.99. The number of carbonyl (C=O) groups excluding carboxylic acids is 2. The van der Waals surface area contributed by atoms with Crippen molar-refractivity contribution in [3.8, 4) is 11.5 Å². The number of amides is 1. The molecule has 0 aromatic heterocycles. The smallest absolute Gasteiger partial charge is 0.343 e. The minimum Gasteiger partial charge on any atom is -0.484 e. The van der Waals surface area contributed by atoms with Crippen molar-refractivity contribution in [1.82, 2.24) is 5.43 Å². The van der Waals surface area contributed by atoms with E-state index in [-0.39, 0.29) is 12.5 Å². The van der Waals surface area contributed by atoms with Crippen LogP contribution in [-0.4, -0.2) is 24.7 Å². The van der Waals surface area contributed by atoms with Crippen LogP contribution in [0.2, 0.25) is 0 Å². The Bertz CT molecular complexity index is 999. The van der Waals surface area contributed by atoms with Crippen molar-refractivity contribution >= 4 is 18.1 Å². The molecule has 6 nitrogen and oxygen atoms in total. The highest BCUT2D eigenvalue weighted by atomic mass is 16.5. The molecular formula is C23H20N2O4. The predicted molar refractivity (Wildman–Crippen MR) is 110 cm³/mol. The second kappa shape index (κ2) is 9.85. The molecule has 0 radical (unpaired) electrons. The lowest BCUT2D eigenvalue weighted by molar-refractivity contribution is -0.123. The van der Waals surface area contributed by atoms with Crippen LogP contribution < -0.4 is 14.9 Å². The summed E-state index contributed by atoms with van der Waals surface area (Å²) in [5.74, 6) is 0.256. The van der Waals surface area contributed by atoms with Crippen molar-refractivity contribution in [2.75, 3.05) is 6.61 Å². The number of aryl methyl sites for hydroxylation is 1. The number of rotatable bonds is 7. The minimum atomic E-state index is -0.416. The first-order valence-corrected chi connectivity index (χ1v) is 8.99. The van der Waals surface area contributed by atoms with Crippen LogP contribution in [0.5, 0.6) is 11.5 Å². The molecule has 1 N–H and O–H groups in total. The van der Waals surface area contributed by atoms with E-state index in [1.54, 1.807) is 48.5 Å². The summed E-state index contributed by atoms with van der Waals surface area (Å²) in [6, 6.07) is 23.0. The molecule has 0 aliphatic rings. The van der Waals surface area contributed by atoms with E-state index in [0.29, 0.717) is 17.1 Å². The molecule has 0 aliphatic heterocycles. The van der Waals surface area contributed by atoms with Crippen LogP contribution in [0.15, 0.2) is 84.0 Å². The summed E-state index contributed by atoms with van der Waals surface area (Å²) in [5.41, 5.74) is 4.62. The van der Waals surface area contributed by atoms with E-state index in [1.807, 2.05) is 37.3 Å². The van der Waals surface area contributed by atoms with E-state index in [2.05, 4.69) is 10.5 Å². The first-order chi connectivity index (χ1) is 14.1. The highest BCUT2D eigenvalue weighted by molar-refractivity contribution is 5.91. The van der Waals surface area contributed by atoms with Crippen LogP contribution in [0.4, 0.5) is 0 Å². The van der Waals surface area contributed by atoms with Crippen molar-refractivity contribution < 1.29 is 19.1 Å². The second-order valence-electron chi connectivity index (χ2n) is 6.22. The lowest BCUT2D eigenvalue weighted by atomic mass is 10.1. The summed E-state index contributed by atoms with van der Waals surface area (Å²) in [6.45, 7) is 1.78. The van der Waals surface area contributed by atoms with Gasteiger partial charge in [0.1, 0.15) is 11.5 Å². The molecule has 0 unspecified atom stereocenters. The van der Waals surface area contributed by atoms with Gasteiger partial charge in [-0.2, -0.15) is 5.10 Å². The van der Waals surface area contributed by atoms with Crippen molar-refractivity contribution in [3.63, 3.8) is 0 Å². The summed E-state index contributed by atoms with van der Waals surface area (Å²) in [4.78, 5) is 23.9. The van der Waals surface area contributed by atoms with Gasteiger partial charge in [-0.1, -0.05) is 35.9 Å². The Balaban J connectivity index is 1.47. The normalized spacial score (nSPS) is 10.5. The molecule has 0 atom stereocenters. The third-order valence-electron chi connectivity index (χ3n) is 3.86. The zero-order valence-corrected chi connectivity index (χ0v) is 15.9. The third-order valence-corrected chi connectivity index (χ3v) is 3.86. The van der Waals surface area contributed by atoms with E-state index in [0.717, 1.165) is 11.1 Å². The maximum atomic E-state index is 12.2. The molecule has 0 bridgehead atoms. The van der Waals surface area contributed by atoms with Crippen molar-refractivity contribution in [3.05, 3.63) is 95.6 Å². The van der Waals surface area contributed by atoms with E-state index in [1.165, 1.54) is 6.21 Å². The maximum absolute atomic E-state index is 12.2. The van der Waals surface area contributed by atoms with E-state index in [4.69, 9.17) is 9.47 Å². The SMILES string of the molecule is Cc1cccc(C(=O)Oc2ccc(/C=N\NC(=O)COc3ccccc3)cc2)c1. The van der Waals surface area contributed by atoms with E-state index in [9.17, 15) is 9.59 Å². The van der Waals surface area contributed by atoms with Gasteiger partial charge in [-0.05, 0) is 61.0 Å². The van der Waals surface area contributed by atoms with Crippen LogP contribution in [-0.2, 0) is 4.79 Å². The molecule has 29 heavy (non-hydrogen) atoms. The number of hydrazone groups is 1. The standard InChI is InChI=1S/C23H20N2O4/c1-17-6-5-7-19(14-17)23(27)29-21-12-10-18(11-13-21)15-24-25-22(26)16-28-20-8-3-2-4-9-20/h2-15H,16H2,1H3,(H,25,26)/b24-15-. The van der Waals surface area contributed by atoms with E-state index >= 15 is 0 Å². The molecule has 146 valence electrons. The Morgan fingerprint density at radius 1 is 0.931 bits per heavy atom. The molecule has 0 spiro atoms. The largest absolute Gasteiger partial charge is 0.484 e. The Hall–Kier alpha value is -3.93. The van der Waals surface area contributed by atoms with Gasteiger partial charge in [0, 0.05) is 0 Å². The molecule has 0 fully saturated rings. The van der Waals surface area contributed by atoms with Gasteiger partial charge in [0.25, 0.3) is 5.91 Å². The lowest BCUT2D eigenvalue weighted by Gasteiger charge is -2.05. The number of ether oxygens (including phenoxy) is 2. The van der Waals surface area contributed by atoms with Crippen molar-refractivity contribution in [2.24, 2.45) is 5.10 Å². The zero-order valence-electron chi connectivity index (χ0n) is 15.9. The molecule has 6 heteroatoms. The van der Waals surface area contributed by atoms with Crippen LogP contribution in [0.25, 0.3) is 0 Å². The number of carbonyl (C=O) groups is 2. The number of hydrogen-bond donors (Lipinski definition) is 1. The fourth-order valence-corrected chi connectivity index (χ4v) is 2.44. The summed E-state index contributed by atoms with van der Waals surface area (Å²) in [5, 5.41) is 3.89. The van der Waals surface area contributed by atoms with Gasteiger partial charge in [0.15, 0.2) is 6.61 Å². The minimum absolute atomic E-state index is 0.130. The highest BCUT2D eigenvalue weighted by Gasteiger charge is 2.08. The molecule has 1 amide bonds. The highest BCUT2D eigenvalue weighted by Crippen LogP contribution is 2.14. The predicted octanol–water partition coefficient (Wildman–Crippen LogP) is 3.74. The van der Waals surface area contributed by atoms with Crippen LogP contribution in [0.1, 0.15) is 21.5 Å². The maximum Gasteiger partial charge on any atom is 0.343 e. The lowest BCUT2D eigenvalue weighted by Crippen LogP contribution is -2.24. The second-order valence-corrected chi connectivity index (χ2v) is 6.22. The van der Waals surface area contributed by atoms with Crippen LogP contribution in [0.3, 0.4) is 0 Å². The van der Waals surface area contributed by atoms with Gasteiger partial charge in [-0.15, -0.1) is 0 Å². The molecule has 3 aromatic carbocycles. The molecule has 0 saturated carbocycles. The zero-order chi connectivity index (χ0) is 20.5. The van der Waals surface area contributed by atoms with Gasteiger partial charge in [-0.25, -0.2) is 10.2 Å². The number of nitrogens with one attached hydrogen (secondary N) is 1. The van der Waals surface area contributed by atoms with Gasteiger partial charge < -0.3 is 9.47 Å². The summed E-state index contributed by atoms with van der Waals surface area (Å²) >= 11 is 0. The van der Waals surface area contributed by atoms with Gasteiger partial charge in [0.2, 0.25) is 0 Å². The van der Waals surface area contributed by atoms with Gasteiger partial charge >= 0.3 is 5.97 Å². The van der Waals surface area contributed by atoms with Crippen LogP contribution in [0, 0.1) is 6.92 Å². The quantitative estimate of drug-likeness (QED) is 0.289. The molecule has 3 aromatic rings. The Kier molecular flexibility index (Phi) is 6.73. The molecule has 3 rings (SSSR count). The molecule has 0 aliphatic carbocycles. The average molecular weight is 388 g/mol. The average Bonchev–Trinajstić information content (AvgIpc) is 2.74. The summed E-state index contributed by atoms with van der Waals surface area (Å²) in [6.07, 6.45) is 1.49. The Morgan fingerprint density at radius 2 is 1.69 bits per heavy atom. The number of benzene rings is 3. The number of esters is 1. The topological polar surface area (TPSA) is 77.0 Å². The van der Waals surface area contributed by atoms with E-state index < -0.39 is 5.97 Å². The fourth-order valence-electron chi connectivity index (χ4n) is 2.44. The summed E-state index contributed by atoms with van der Waals surface area (Å²) < 4.78 is 10.7. The summed E-state index contributed by atoms with van der Waals surface area (Å²) in [7, 11) is 0. The molecule has 0 heterocycles. The Labute approximate surface area is 168 Å². The van der Waals surface area contributed by atoms with Crippen LogP contribution >= 0.6 is 0 Å². The number of nitrogens with zero attached hydrogens (tertiary/aromatic N) is 1. The number of para-hydroxylation sites is 1. The Morgan fingerprint density at radius 3 is 2.41 bits per heavy atom. The molecule has 0 saturated heterocycles. The first kappa shape index (κ1) is 19.8. The number of hydrogen-bond acceptors (Lipinski definition) is 5. The molecular weight excluding hydrogens is 368 g/mol. The van der Waals surface area contributed by atoms with Crippen molar-refractivity contribution in [1.29, 1.82) is 0 Å².